The van der Waals surface area contributed by atoms with Crippen molar-refractivity contribution in [3.63, 3.8) is 0 Å². The Morgan fingerprint density at radius 1 is 1.33 bits per heavy atom. The summed E-state index contributed by atoms with van der Waals surface area (Å²) in [5.74, 6) is -1.31. The van der Waals surface area contributed by atoms with Gasteiger partial charge >= 0.3 is 0 Å². The first kappa shape index (κ1) is 13.0. The topological polar surface area (TPSA) is 46.3 Å². The van der Waals surface area contributed by atoms with Gasteiger partial charge in [-0.1, -0.05) is 0 Å². The molecule has 0 aliphatic carbocycles. The van der Waals surface area contributed by atoms with E-state index in [1.165, 1.54) is 12.1 Å². The van der Waals surface area contributed by atoms with E-state index in [1.807, 2.05) is 6.92 Å². The molecule has 2 N–H and O–H groups in total. The number of likely N-dealkylation sites (N-methyl/N-ethyl adjacent to an activating group) is 1. The lowest BCUT2D eigenvalue weighted by atomic mass is 9.90. The van der Waals surface area contributed by atoms with E-state index >= 15 is 0 Å². The average molecular weight is 254 g/mol. The van der Waals surface area contributed by atoms with Crippen LogP contribution in [0.15, 0.2) is 18.2 Å². The molecule has 1 fully saturated rings. The predicted octanol–water partition coefficient (Wildman–Crippen LogP) is 1.98. The molecule has 0 saturated carbocycles. The van der Waals surface area contributed by atoms with Gasteiger partial charge in [0.15, 0.2) is 0 Å². The molecule has 18 heavy (non-hydrogen) atoms. The predicted molar refractivity (Wildman–Crippen MR) is 63.7 cm³/mol. The van der Waals surface area contributed by atoms with Gasteiger partial charge in [-0.25, -0.2) is 8.78 Å². The summed E-state index contributed by atoms with van der Waals surface area (Å²) >= 11 is 0. The minimum absolute atomic E-state index is 0.0196. The molecule has 2 unspecified atom stereocenters. The second kappa shape index (κ2) is 5.02. The number of nitrogens with two attached hydrogens (primary N) is 1. The highest BCUT2D eigenvalue weighted by Gasteiger charge is 2.34. The number of amides is 1. The fourth-order valence-corrected chi connectivity index (χ4v) is 2.52. The molecule has 1 heterocycles. The average Bonchev–Trinajstić information content (AvgIpc) is 2.30. The Balaban J connectivity index is 2.41. The summed E-state index contributed by atoms with van der Waals surface area (Å²) in [6, 6.07) is 2.57. The standard InChI is InChI=1S/C13H16F2N2O/c1-2-17-12(18)4-3-11(16)13(17)8-5-9(14)7-10(15)6-8/h5-7,11,13H,2-4,16H2,1H3. The van der Waals surface area contributed by atoms with Crippen LogP contribution in [0.25, 0.3) is 0 Å². The van der Waals surface area contributed by atoms with Crippen LogP contribution in [0, 0.1) is 11.6 Å². The largest absolute Gasteiger partial charge is 0.334 e. The lowest BCUT2D eigenvalue weighted by molar-refractivity contribution is -0.137. The molecule has 1 aliphatic heterocycles. The van der Waals surface area contributed by atoms with E-state index in [0.29, 0.717) is 24.9 Å². The third-order valence-corrected chi connectivity index (χ3v) is 3.32. The molecule has 5 heteroatoms. The maximum atomic E-state index is 13.3. The second-order valence-corrected chi connectivity index (χ2v) is 4.53. The van der Waals surface area contributed by atoms with Crippen molar-refractivity contribution in [1.82, 2.24) is 4.90 Å². The molecule has 2 rings (SSSR count). The maximum absolute atomic E-state index is 13.3. The van der Waals surface area contributed by atoms with Crippen LogP contribution in [-0.4, -0.2) is 23.4 Å². The summed E-state index contributed by atoms with van der Waals surface area (Å²) in [4.78, 5) is 13.4. The number of nitrogens with zero attached hydrogens (tertiary/aromatic N) is 1. The normalized spacial score (nSPS) is 24.4. The monoisotopic (exact) mass is 254 g/mol. The number of benzene rings is 1. The number of likely N-dealkylation sites (tertiary alicyclic amines) is 1. The van der Waals surface area contributed by atoms with Crippen LogP contribution < -0.4 is 5.73 Å². The Hall–Kier alpha value is -1.49. The van der Waals surface area contributed by atoms with Gasteiger partial charge in [0.2, 0.25) is 5.91 Å². The first-order valence-electron chi connectivity index (χ1n) is 6.04. The molecule has 1 saturated heterocycles. The molecule has 0 spiro atoms. The van der Waals surface area contributed by atoms with Crippen LogP contribution in [-0.2, 0) is 4.79 Å². The van der Waals surface area contributed by atoms with Crippen LogP contribution in [0.3, 0.4) is 0 Å². The molecule has 0 bridgehead atoms. The summed E-state index contributed by atoms with van der Waals surface area (Å²) in [6.07, 6.45) is 0.932. The lowest BCUT2D eigenvalue weighted by Gasteiger charge is -2.39. The highest BCUT2D eigenvalue weighted by atomic mass is 19.1. The summed E-state index contributed by atoms with van der Waals surface area (Å²) in [6.45, 7) is 2.31. The molecule has 1 aromatic carbocycles. The van der Waals surface area contributed by atoms with Crippen molar-refractivity contribution in [3.05, 3.63) is 35.4 Å². The minimum atomic E-state index is -0.647. The maximum Gasteiger partial charge on any atom is 0.223 e. The fraction of sp³-hybridized carbons (Fsp3) is 0.462. The third-order valence-electron chi connectivity index (χ3n) is 3.32. The van der Waals surface area contributed by atoms with Crippen molar-refractivity contribution >= 4 is 5.91 Å². The van der Waals surface area contributed by atoms with E-state index < -0.39 is 17.7 Å². The van der Waals surface area contributed by atoms with E-state index in [2.05, 4.69) is 0 Å². The lowest BCUT2D eigenvalue weighted by Crippen LogP contribution is -2.48. The van der Waals surface area contributed by atoms with Crippen LogP contribution in [0.4, 0.5) is 8.78 Å². The molecule has 0 aromatic heterocycles. The van der Waals surface area contributed by atoms with Crippen LogP contribution in [0.1, 0.15) is 31.4 Å². The van der Waals surface area contributed by atoms with E-state index in [-0.39, 0.29) is 11.9 Å². The van der Waals surface area contributed by atoms with E-state index in [0.717, 1.165) is 6.07 Å². The minimum Gasteiger partial charge on any atom is -0.334 e. The highest BCUT2D eigenvalue weighted by molar-refractivity contribution is 5.77. The number of hydrogen-bond donors (Lipinski definition) is 1. The van der Waals surface area contributed by atoms with Crippen LogP contribution in [0.2, 0.25) is 0 Å². The molecular formula is C13H16F2N2O. The number of carbonyl (C=O) groups excluding carboxylic acids is 1. The van der Waals surface area contributed by atoms with Gasteiger partial charge in [0.1, 0.15) is 11.6 Å². The molecule has 2 atom stereocenters. The summed E-state index contributed by atoms with van der Waals surface area (Å²) in [5.41, 5.74) is 6.43. The molecule has 1 aromatic rings. The van der Waals surface area contributed by atoms with Gasteiger partial charge in [0.25, 0.3) is 0 Å². The Morgan fingerprint density at radius 3 is 2.50 bits per heavy atom. The molecule has 1 aliphatic rings. The van der Waals surface area contributed by atoms with Crippen molar-refractivity contribution in [2.75, 3.05) is 6.54 Å². The summed E-state index contributed by atoms with van der Waals surface area (Å²) in [5, 5.41) is 0. The molecule has 1 amide bonds. The van der Waals surface area contributed by atoms with Gasteiger partial charge in [0.05, 0.1) is 6.04 Å². The van der Waals surface area contributed by atoms with Crippen LogP contribution >= 0.6 is 0 Å². The Kier molecular flexibility index (Phi) is 3.61. The summed E-state index contributed by atoms with van der Waals surface area (Å²) < 4.78 is 26.5. The Labute approximate surface area is 105 Å². The van der Waals surface area contributed by atoms with Gasteiger partial charge in [-0.15, -0.1) is 0 Å². The van der Waals surface area contributed by atoms with Crippen molar-refractivity contribution < 1.29 is 13.6 Å². The van der Waals surface area contributed by atoms with Gasteiger partial charge < -0.3 is 10.6 Å². The van der Waals surface area contributed by atoms with E-state index in [4.69, 9.17) is 5.73 Å². The highest BCUT2D eigenvalue weighted by Crippen LogP contribution is 2.31. The fourth-order valence-electron chi connectivity index (χ4n) is 2.52. The van der Waals surface area contributed by atoms with Crippen molar-refractivity contribution in [3.8, 4) is 0 Å². The zero-order valence-corrected chi connectivity index (χ0v) is 10.2. The Bertz CT molecular complexity index is 444. The number of halogens is 2. The Morgan fingerprint density at radius 2 is 1.94 bits per heavy atom. The SMILES string of the molecule is CCN1C(=O)CCC(N)C1c1cc(F)cc(F)c1. The smallest absolute Gasteiger partial charge is 0.223 e. The van der Waals surface area contributed by atoms with Gasteiger partial charge in [-0.05, 0) is 31.0 Å². The molecular weight excluding hydrogens is 238 g/mol. The van der Waals surface area contributed by atoms with Crippen molar-refractivity contribution in [2.24, 2.45) is 5.73 Å². The zero-order valence-electron chi connectivity index (χ0n) is 10.2. The number of carbonyl (C=O) groups is 1. The van der Waals surface area contributed by atoms with Gasteiger partial charge in [0, 0.05) is 25.1 Å². The quantitative estimate of drug-likeness (QED) is 0.877. The molecule has 98 valence electrons. The van der Waals surface area contributed by atoms with Crippen molar-refractivity contribution in [2.45, 2.75) is 31.8 Å². The summed E-state index contributed by atoms with van der Waals surface area (Å²) in [7, 11) is 0. The van der Waals surface area contributed by atoms with Crippen molar-refractivity contribution in [1.29, 1.82) is 0 Å². The van der Waals surface area contributed by atoms with Crippen LogP contribution in [0.5, 0.6) is 0 Å². The number of piperidine rings is 1. The van der Waals surface area contributed by atoms with Gasteiger partial charge in [-0.2, -0.15) is 0 Å². The number of hydrogen-bond acceptors (Lipinski definition) is 2. The zero-order chi connectivity index (χ0) is 13.3. The first-order chi connectivity index (χ1) is 8.52. The molecule has 3 nitrogen and oxygen atoms in total. The first-order valence-corrected chi connectivity index (χ1v) is 6.04. The third kappa shape index (κ3) is 2.36. The number of rotatable bonds is 2. The molecule has 0 radical (unpaired) electrons. The van der Waals surface area contributed by atoms with Gasteiger partial charge in [-0.3, -0.25) is 4.79 Å². The van der Waals surface area contributed by atoms with E-state index in [9.17, 15) is 13.6 Å². The second-order valence-electron chi connectivity index (χ2n) is 4.53. The van der Waals surface area contributed by atoms with E-state index in [1.54, 1.807) is 4.90 Å².